The number of rotatable bonds is 11. The number of ether oxygens (including phenoxy) is 3. The Morgan fingerprint density at radius 1 is 0.947 bits per heavy atom. The lowest BCUT2D eigenvalue weighted by Crippen LogP contribution is -2.60. The van der Waals surface area contributed by atoms with Crippen molar-refractivity contribution in [2.45, 2.75) is 19.9 Å². The van der Waals surface area contributed by atoms with Crippen LogP contribution >= 0.6 is 0 Å². The number of benzene rings is 2. The number of nitrogens with zero attached hydrogens (tertiary/aromatic N) is 2. The number of amides is 1. The zero-order chi connectivity index (χ0) is 27.1. The third kappa shape index (κ3) is 5.76. The third-order valence-electron chi connectivity index (χ3n) is 5.81. The van der Waals surface area contributed by atoms with E-state index in [-0.39, 0.29) is 16.9 Å². The minimum Gasteiger partial charge on any atom is -0.481 e. The molecule has 0 unspecified atom stereocenters. The first kappa shape index (κ1) is 26.2. The Bertz CT molecular complexity index is 1480. The van der Waals surface area contributed by atoms with Crippen LogP contribution in [0.5, 0.6) is 5.75 Å². The molecule has 0 atom stereocenters. The molecular weight excluding hydrogens is 490 g/mol. The number of pyridine rings is 1. The van der Waals surface area contributed by atoms with Gasteiger partial charge in [-0.25, -0.2) is 14.4 Å². The third-order valence-corrected chi connectivity index (χ3v) is 5.81. The number of carbonyl (C=O) groups excluding carboxylic acids is 4. The van der Waals surface area contributed by atoms with Crippen LogP contribution in [-0.4, -0.2) is 46.6 Å². The van der Waals surface area contributed by atoms with E-state index in [0.29, 0.717) is 29.6 Å². The number of hydrogen-bond donors (Lipinski definition) is 1. The predicted molar refractivity (Wildman–Crippen MR) is 135 cm³/mol. The maximum atomic E-state index is 13.0. The van der Waals surface area contributed by atoms with Crippen molar-refractivity contribution in [3.8, 4) is 5.75 Å². The van der Waals surface area contributed by atoms with Crippen LogP contribution in [0, 0.1) is 0 Å². The Kier molecular flexibility index (Phi) is 8.24. The van der Waals surface area contributed by atoms with Gasteiger partial charge in [0.25, 0.3) is 5.78 Å². The summed E-state index contributed by atoms with van der Waals surface area (Å²) in [7, 11) is 0. The van der Waals surface area contributed by atoms with Crippen LogP contribution in [-0.2, 0) is 32.0 Å². The van der Waals surface area contributed by atoms with Crippen molar-refractivity contribution in [2.75, 3.05) is 13.4 Å². The molecule has 2 aromatic heterocycles. The average Bonchev–Trinajstić information content (AvgIpc) is 3.25. The summed E-state index contributed by atoms with van der Waals surface area (Å²) in [6, 6.07) is 18.0. The molecular formula is C28H26N3O7+. The molecule has 0 saturated carbocycles. The van der Waals surface area contributed by atoms with E-state index < -0.39 is 37.0 Å². The van der Waals surface area contributed by atoms with Gasteiger partial charge in [0.2, 0.25) is 6.79 Å². The summed E-state index contributed by atoms with van der Waals surface area (Å²) in [5.41, 5.74) is 6.07. The van der Waals surface area contributed by atoms with Crippen LogP contribution in [0.15, 0.2) is 73.1 Å². The second-order valence-corrected chi connectivity index (χ2v) is 8.25. The predicted octanol–water partition coefficient (Wildman–Crippen LogP) is 2.33. The Balaban J connectivity index is 1.56. The Morgan fingerprint density at radius 3 is 2.42 bits per heavy atom. The summed E-state index contributed by atoms with van der Waals surface area (Å²) >= 11 is 0. The van der Waals surface area contributed by atoms with E-state index in [9.17, 15) is 19.2 Å². The Morgan fingerprint density at radius 2 is 1.74 bits per heavy atom. The molecule has 194 valence electrons. The highest BCUT2D eigenvalue weighted by Gasteiger charge is 2.29. The number of aromatic nitrogens is 2. The molecule has 0 aliphatic heterocycles. The molecule has 4 aromatic rings. The van der Waals surface area contributed by atoms with E-state index in [2.05, 4.69) is 10.7 Å². The zero-order valence-corrected chi connectivity index (χ0v) is 20.7. The van der Waals surface area contributed by atoms with Crippen LogP contribution in [0.3, 0.4) is 0 Å². The van der Waals surface area contributed by atoms with E-state index in [4.69, 9.17) is 14.2 Å². The standard InChI is InChI=1S/C28H25N3O7/c1-2-20-25(26(33)27(29)34)24-21(31(20)15-18-8-4-3-5-9-18)11-6-12-22(24)36-16-23(32)37-17-38-28(35)19-10-7-13-30-14-19/h3-14H,2,15-17H2,1H3,(H2,29,34)/p+1. The molecule has 2 aromatic carbocycles. The highest BCUT2D eigenvalue weighted by atomic mass is 16.7. The van der Waals surface area contributed by atoms with Gasteiger partial charge in [-0.3, -0.25) is 15.5 Å². The minimum absolute atomic E-state index is 0.202. The topological polar surface area (TPSA) is 141 Å². The van der Waals surface area contributed by atoms with Crippen LogP contribution in [0.4, 0.5) is 0 Å². The minimum atomic E-state index is -0.844. The van der Waals surface area contributed by atoms with Gasteiger partial charge in [0.15, 0.2) is 6.61 Å². The van der Waals surface area contributed by atoms with Gasteiger partial charge in [-0.15, -0.1) is 0 Å². The highest BCUT2D eigenvalue weighted by molar-refractivity contribution is 6.42. The molecule has 38 heavy (non-hydrogen) atoms. The van der Waals surface area contributed by atoms with Gasteiger partial charge in [0.05, 0.1) is 22.0 Å². The van der Waals surface area contributed by atoms with Crippen molar-refractivity contribution in [1.82, 2.24) is 9.55 Å². The first-order chi connectivity index (χ1) is 18.4. The van der Waals surface area contributed by atoms with Crippen molar-refractivity contribution in [3.05, 3.63) is 95.4 Å². The summed E-state index contributed by atoms with van der Waals surface area (Å²) in [5.74, 6) is -2.83. The average molecular weight is 517 g/mol. The molecule has 0 aliphatic rings. The largest absolute Gasteiger partial charge is 0.481 e. The second-order valence-electron chi connectivity index (χ2n) is 8.25. The molecule has 10 nitrogen and oxygen atoms in total. The number of quaternary nitrogens is 1. The zero-order valence-electron chi connectivity index (χ0n) is 20.7. The number of Topliss-reactive ketones (excluding diaryl/α,β-unsaturated/α-hetero) is 1. The molecule has 0 fully saturated rings. The van der Waals surface area contributed by atoms with E-state index in [1.807, 2.05) is 47.9 Å². The first-order valence-corrected chi connectivity index (χ1v) is 11.8. The lowest BCUT2D eigenvalue weighted by molar-refractivity contribution is -0.296. The molecule has 1 amide bonds. The van der Waals surface area contributed by atoms with Gasteiger partial charge >= 0.3 is 17.8 Å². The summed E-state index contributed by atoms with van der Waals surface area (Å²) < 4.78 is 17.6. The molecule has 0 radical (unpaired) electrons. The van der Waals surface area contributed by atoms with Gasteiger partial charge in [0, 0.05) is 24.6 Å². The number of ketones is 1. The van der Waals surface area contributed by atoms with Gasteiger partial charge in [-0.1, -0.05) is 43.3 Å². The SMILES string of the molecule is CCc1c(C(=O)C([NH3+])=O)c2c(OCC(=O)OCOC(=O)c3cccnc3)cccc2n1Cc1ccccc1. The second kappa shape index (κ2) is 11.9. The highest BCUT2D eigenvalue weighted by Crippen LogP contribution is 2.35. The van der Waals surface area contributed by atoms with Crippen molar-refractivity contribution in [2.24, 2.45) is 0 Å². The quantitative estimate of drug-likeness (QED) is 0.139. The fourth-order valence-corrected chi connectivity index (χ4v) is 4.13. The molecule has 4 rings (SSSR count). The van der Waals surface area contributed by atoms with Gasteiger partial charge < -0.3 is 18.8 Å². The lowest BCUT2D eigenvalue weighted by atomic mass is 10.0. The lowest BCUT2D eigenvalue weighted by Gasteiger charge is -2.11. The molecule has 3 N–H and O–H groups in total. The van der Waals surface area contributed by atoms with E-state index >= 15 is 0 Å². The van der Waals surface area contributed by atoms with E-state index in [1.54, 1.807) is 18.2 Å². The smallest absolute Gasteiger partial charge is 0.381 e. The molecule has 2 heterocycles. The molecule has 0 spiro atoms. The van der Waals surface area contributed by atoms with Crippen LogP contribution < -0.4 is 10.5 Å². The van der Waals surface area contributed by atoms with Gasteiger partial charge in [0.1, 0.15) is 5.75 Å². The van der Waals surface area contributed by atoms with Gasteiger partial charge in [-0.05, 0) is 36.2 Å². The number of hydrogen-bond acceptors (Lipinski definition) is 8. The molecule has 0 saturated heterocycles. The summed E-state index contributed by atoms with van der Waals surface area (Å²) in [5, 5.41) is 0.415. The number of carbonyl (C=O) groups is 4. The fraction of sp³-hybridized carbons (Fsp3) is 0.179. The van der Waals surface area contributed by atoms with E-state index in [1.165, 1.54) is 18.5 Å². The maximum Gasteiger partial charge on any atom is 0.381 e. The normalized spacial score (nSPS) is 10.7. The summed E-state index contributed by atoms with van der Waals surface area (Å²) in [6.45, 7) is 1.24. The monoisotopic (exact) mass is 516 g/mol. The number of esters is 2. The van der Waals surface area contributed by atoms with Crippen LogP contribution in [0.1, 0.15) is 38.9 Å². The van der Waals surface area contributed by atoms with Gasteiger partial charge in [-0.2, -0.15) is 0 Å². The summed E-state index contributed by atoms with van der Waals surface area (Å²) in [6.07, 6.45) is 3.32. The fourth-order valence-electron chi connectivity index (χ4n) is 4.13. The van der Waals surface area contributed by atoms with Crippen molar-refractivity contribution in [3.63, 3.8) is 0 Å². The van der Waals surface area contributed by atoms with E-state index in [0.717, 1.165) is 5.56 Å². The van der Waals surface area contributed by atoms with Crippen molar-refractivity contribution >= 4 is 34.5 Å². The van der Waals surface area contributed by atoms with Crippen molar-refractivity contribution < 1.29 is 39.1 Å². The van der Waals surface area contributed by atoms with Crippen LogP contribution in [0.2, 0.25) is 0 Å². The van der Waals surface area contributed by atoms with Crippen LogP contribution in [0.25, 0.3) is 10.9 Å². The Hall–Kier alpha value is -4.83. The molecule has 0 aliphatic carbocycles. The first-order valence-electron chi connectivity index (χ1n) is 11.8. The Labute approximate surface area is 217 Å². The molecule has 10 heteroatoms. The molecule has 0 bridgehead atoms. The maximum absolute atomic E-state index is 13.0. The number of fused-ring (bicyclic) bond motifs is 1. The summed E-state index contributed by atoms with van der Waals surface area (Å²) in [4.78, 5) is 53.1. The van der Waals surface area contributed by atoms with Crippen molar-refractivity contribution in [1.29, 1.82) is 0 Å².